The van der Waals surface area contributed by atoms with E-state index in [4.69, 9.17) is 5.11 Å². The highest BCUT2D eigenvalue weighted by Gasteiger charge is 2.37. The molecular weight excluding hydrogens is 266 g/mol. The summed E-state index contributed by atoms with van der Waals surface area (Å²) in [6, 6.07) is -0.648. The number of carboxylic acids is 1. The third kappa shape index (κ3) is 3.14. The van der Waals surface area contributed by atoms with Crippen molar-refractivity contribution in [2.45, 2.75) is 24.9 Å². The van der Waals surface area contributed by atoms with E-state index in [1.54, 1.807) is 11.9 Å². The molecular formula is C12H21N3O3S. The van der Waals surface area contributed by atoms with Gasteiger partial charge in [0, 0.05) is 25.4 Å². The quantitative estimate of drug-likeness (QED) is 0.805. The van der Waals surface area contributed by atoms with Crippen LogP contribution in [0, 0.1) is 0 Å². The third-order valence-corrected chi connectivity index (χ3v) is 4.87. The van der Waals surface area contributed by atoms with Gasteiger partial charge >= 0.3 is 12.0 Å². The number of likely N-dealkylation sites (tertiary alicyclic amines) is 1. The molecule has 0 saturated carbocycles. The Morgan fingerprint density at radius 2 is 2.16 bits per heavy atom. The third-order valence-electron chi connectivity index (χ3n) is 3.86. The molecule has 7 heteroatoms. The van der Waals surface area contributed by atoms with E-state index in [2.05, 4.69) is 11.9 Å². The lowest BCUT2D eigenvalue weighted by atomic mass is 10.1. The monoisotopic (exact) mass is 287 g/mol. The molecule has 0 aromatic rings. The van der Waals surface area contributed by atoms with Crippen LogP contribution in [0.2, 0.25) is 0 Å². The Hall–Kier alpha value is -0.950. The molecule has 19 heavy (non-hydrogen) atoms. The van der Waals surface area contributed by atoms with Crippen molar-refractivity contribution in [1.82, 2.24) is 14.7 Å². The SMILES string of the molecule is CN1CCCC(N(C)C(=O)N2CSC[C@H]2C(=O)O)C1. The van der Waals surface area contributed by atoms with E-state index >= 15 is 0 Å². The summed E-state index contributed by atoms with van der Waals surface area (Å²) in [5.74, 6) is 0.0508. The fourth-order valence-electron chi connectivity index (χ4n) is 2.65. The number of urea groups is 1. The molecule has 108 valence electrons. The summed E-state index contributed by atoms with van der Waals surface area (Å²) < 4.78 is 0. The second-order valence-corrected chi connectivity index (χ2v) is 6.28. The molecule has 0 radical (unpaired) electrons. The maximum Gasteiger partial charge on any atom is 0.327 e. The van der Waals surface area contributed by atoms with E-state index in [9.17, 15) is 9.59 Å². The smallest absolute Gasteiger partial charge is 0.327 e. The van der Waals surface area contributed by atoms with Gasteiger partial charge in [0.25, 0.3) is 0 Å². The summed E-state index contributed by atoms with van der Waals surface area (Å²) in [5, 5.41) is 9.13. The zero-order valence-corrected chi connectivity index (χ0v) is 12.2. The molecule has 2 heterocycles. The zero-order valence-electron chi connectivity index (χ0n) is 11.4. The molecule has 2 atom stereocenters. The van der Waals surface area contributed by atoms with Gasteiger partial charge in [0.1, 0.15) is 6.04 Å². The van der Waals surface area contributed by atoms with Gasteiger partial charge in [-0.25, -0.2) is 9.59 Å². The number of thioether (sulfide) groups is 1. The van der Waals surface area contributed by atoms with Crippen LogP contribution in [0.15, 0.2) is 0 Å². The summed E-state index contributed by atoms with van der Waals surface area (Å²) in [5.41, 5.74) is 0. The average molecular weight is 287 g/mol. The number of hydrogen-bond donors (Lipinski definition) is 1. The number of carbonyl (C=O) groups is 2. The van der Waals surface area contributed by atoms with Crippen molar-refractivity contribution in [2.24, 2.45) is 0 Å². The fraction of sp³-hybridized carbons (Fsp3) is 0.833. The van der Waals surface area contributed by atoms with Crippen LogP contribution in [-0.2, 0) is 4.79 Å². The summed E-state index contributed by atoms with van der Waals surface area (Å²) in [6.07, 6.45) is 2.07. The molecule has 0 spiro atoms. The first kappa shape index (κ1) is 14.5. The molecule has 2 aliphatic heterocycles. The van der Waals surface area contributed by atoms with Crippen LogP contribution in [0.1, 0.15) is 12.8 Å². The molecule has 1 unspecified atom stereocenters. The van der Waals surface area contributed by atoms with Crippen molar-refractivity contribution in [3.63, 3.8) is 0 Å². The number of amides is 2. The minimum absolute atomic E-state index is 0.155. The predicted molar refractivity (Wildman–Crippen MR) is 74.3 cm³/mol. The van der Waals surface area contributed by atoms with Crippen molar-refractivity contribution in [3.8, 4) is 0 Å². The second-order valence-electron chi connectivity index (χ2n) is 5.28. The first-order valence-corrected chi connectivity index (χ1v) is 7.68. The molecule has 0 aromatic carbocycles. The highest BCUT2D eigenvalue weighted by molar-refractivity contribution is 7.99. The number of aliphatic carboxylic acids is 1. The van der Waals surface area contributed by atoms with E-state index < -0.39 is 12.0 Å². The number of piperidine rings is 1. The normalized spacial score (nSPS) is 28.4. The van der Waals surface area contributed by atoms with Gasteiger partial charge in [-0.3, -0.25) is 0 Å². The van der Waals surface area contributed by atoms with Gasteiger partial charge in [-0.1, -0.05) is 0 Å². The van der Waals surface area contributed by atoms with Crippen LogP contribution in [0.25, 0.3) is 0 Å². The topological polar surface area (TPSA) is 64.1 Å². The van der Waals surface area contributed by atoms with Gasteiger partial charge in [0.05, 0.1) is 5.88 Å². The Morgan fingerprint density at radius 3 is 2.79 bits per heavy atom. The largest absolute Gasteiger partial charge is 0.480 e. The van der Waals surface area contributed by atoms with E-state index in [1.807, 2.05) is 0 Å². The molecule has 2 fully saturated rings. The summed E-state index contributed by atoms with van der Waals surface area (Å²) >= 11 is 1.50. The minimum Gasteiger partial charge on any atom is -0.480 e. The predicted octanol–water partition coefficient (Wildman–Crippen LogP) is 0.592. The number of nitrogens with zero attached hydrogens (tertiary/aromatic N) is 3. The first-order chi connectivity index (χ1) is 9.00. The van der Waals surface area contributed by atoms with Crippen LogP contribution >= 0.6 is 11.8 Å². The van der Waals surface area contributed by atoms with Gasteiger partial charge in [-0.2, -0.15) is 0 Å². The Balaban J connectivity index is 2.00. The van der Waals surface area contributed by atoms with Gasteiger partial charge in [0.2, 0.25) is 0 Å². The molecule has 2 amide bonds. The lowest BCUT2D eigenvalue weighted by Gasteiger charge is -2.38. The number of carbonyl (C=O) groups excluding carboxylic acids is 1. The molecule has 0 aliphatic carbocycles. The van der Waals surface area contributed by atoms with Crippen LogP contribution in [-0.4, -0.2) is 82.7 Å². The Kier molecular flexibility index (Phi) is 4.57. The highest BCUT2D eigenvalue weighted by Crippen LogP contribution is 2.24. The molecule has 2 saturated heterocycles. The molecule has 2 aliphatic rings. The maximum atomic E-state index is 12.4. The van der Waals surface area contributed by atoms with E-state index in [1.165, 1.54) is 16.7 Å². The number of carboxylic acid groups (broad SMARTS) is 1. The minimum atomic E-state index is -0.910. The molecule has 1 N–H and O–H groups in total. The van der Waals surface area contributed by atoms with Crippen molar-refractivity contribution >= 4 is 23.8 Å². The lowest BCUT2D eigenvalue weighted by molar-refractivity contribution is -0.141. The maximum absolute atomic E-state index is 12.4. The molecule has 0 aromatic heterocycles. The lowest BCUT2D eigenvalue weighted by Crippen LogP contribution is -2.54. The Bertz CT molecular complexity index is 366. The average Bonchev–Trinajstić information content (AvgIpc) is 2.86. The zero-order chi connectivity index (χ0) is 14.0. The highest BCUT2D eigenvalue weighted by atomic mass is 32.2. The number of likely N-dealkylation sites (N-methyl/N-ethyl adjacent to an activating group) is 2. The van der Waals surface area contributed by atoms with E-state index in [0.29, 0.717) is 11.6 Å². The summed E-state index contributed by atoms with van der Waals surface area (Å²) in [4.78, 5) is 29.0. The van der Waals surface area contributed by atoms with Crippen LogP contribution < -0.4 is 0 Å². The fourth-order valence-corrected chi connectivity index (χ4v) is 3.79. The van der Waals surface area contributed by atoms with Crippen LogP contribution in [0.5, 0.6) is 0 Å². The van der Waals surface area contributed by atoms with Crippen LogP contribution in [0.3, 0.4) is 0 Å². The van der Waals surface area contributed by atoms with Crippen LogP contribution in [0.4, 0.5) is 4.79 Å². The van der Waals surface area contributed by atoms with Gasteiger partial charge in [0.15, 0.2) is 0 Å². The molecule has 0 bridgehead atoms. The molecule has 2 rings (SSSR count). The van der Waals surface area contributed by atoms with Crippen molar-refractivity contribution in [1.29, 1.82) is 0 Å². The summed E-state index contributed by atoms with van der Waals surface area (Å²) in [6.45, 7) is 1.93. The number of rotatable bonds is 2. The van der Waals surface area contributed by atoms with Gasteiger partial charge < -0.3 is 19.8 Å². The Labute approximate surface area is 117 Å². The van der Waals surface area contributed by atoms with E-state index in [0.717, 1.165) is 25.9 Å². The van der Waals surface area contributed by atoms with Crippen molar-refractivity contribution < 1.29 is 14.7 Å². The Morgan fingerprint density at radius 1 is 1.42 bits per heavy atom. The first-order valence-electron chi connectivity index (χ1n) is 6.53. The number of hydrogen-bond acceptors (Lipinski definition) is 4. The molecule has 6 nitrogen and oxygen atoms in total. The van der Waals surface area contributed by atoms with Gasteiger partial charge in [-0.05, 0) is 26.4 Å². The van der Waals surface area contributed by atoms with Crippen molar-refractivity contribution in [2.75, 3.05) is 38.8 Å². The van der Waals surface area contributed by atoms with Crippen molar-refractivity contribution in [3.05, 3.63) is 0 Å². The summed E-state index contributed by atoms with van der Waals surface area (Å²) in [7, 11) is 3.84. The standard InChI is InChI=1S/C12H21N3O3S/c1-13-5-3-4-9(6-13)14(2)12(18)15-8-19-7-10(15)11(16)17/h9-10H,3-8H2,1-2H3,(H,16,17)/t9?,10-/m0/s1. The second kappa shape index (κ2) is 6.00. The van der Waals surface area contributed by atoms with Gasteiger partial charge in [-0.15, -0.1) is 11.8 Å². The van der Waals surface area contributed by atoms with E-state index in [-0.39, 0.29) is 12.1 Å².